The molecule has 0 spiro atoms. The van der Waals surface area contributed by atoms with Crippen molar-refractivity contribution in [3.05, 3.63) is 0 Å². The quantitative estimate of drug-likeness (QED) is 0.307. The molecule has 6 N–H and O–H groups in total. The minimum absolute atomic E-state index is 0.174. The minimum Gasteiger partial charge on any atom is -0.350 e. The number of amides is 2. The van der Waals surface area contributed by atoms with Gasteiger partial charge in [0.05, 0.1) is 30.3 Å². The van der Waals surface area contributed by atoms with E-state index in [4.69, 9.17) is 5.73 Å². The van der Waals surface area contributed by atoms with Gasteiger partial charge in [-0.25, -0.2) is 19.2 Å². The van der Waals surface area contributed by atoms with Gasteiger partial charge in [-0.1, -0.05) is 0 Å². The summed E-state index contributed by atoms with van der Waals surface area (Å²) >= 11 is 0. The molecule has 0 aromatic heterocycles. The molecule has 5 rings (SSSR count). The van der Waals surface area contributed by atoms with Crippen molar-refractivity contribution in [2.24, 2.45) is 17.6 Å². The van der Waals surface area contributed by atoms with Crippen LogP contribution in [0.25, 0.3) is 0 Å². The summed E-state index contributed by atoms with van der Waals surface area (Å²) in [5.41, 5.74) is 9.18. The fraction of sp³-hybridized carbons (Fsp3) is 0.909. The number of fused-ring (bicyclic) bond motifs is 1. The number of piperidine rings is 2. The van der Waals surface area contributed by atoms with Crippen LogP contribution in [0.1, 0.15) is 25.7 Å². The molecular formula is C22H38F2N8O2. The lowest BCUT2D eigenvalue weighted by Crippen LogP contribution is -2.67. The summed E-state index contributed by atoms with van der Waals surface area (Å²) in [5.74, 6) is -0.154. The molecule has 5 saturated heterocycles. The van der Waals surface area contributed by atoms with E-state index in [0.29, 0.717) is 18.9 Å². The van der Waals surface area contributed by atoms with Crippen molar-refractivity contribution >= 4 is 11.8 Å². The van der Waals surface area contributed by atoms with E-state index in [-0.39, 0.29) is 43.7 Å². The van der Waals surface area contributed by atoms with E-state index >= 15 is 4.39 Å². The minimum atomic E-state index is -1.09. The van der Waals surface area contributed by atoms with Gasteiger partial charge < -0.3 is 21.3 Å². The van der Waals surface area contributed by atoms with Gasteiger partial charge in [0, 0.05) is 45.7 Å². The summed E-state index contributed by atoms with van der Waals surface area (Å²) in [6.07, 6.45) is 0.298. The number of carbonyl (C=O) groups is 2. The van der Waals surface area contributed by atoms with Crippen LogP contribution in [0.4, 0.5) is 8.78 Å². The van der Waals surface area contributed by atoms with Crippen molar-refractivity contribution in [2.45, 2.75) is 62.4 Å². The lowest BCUT2D eigenvalue weighted by atomic mass is 9.90. The number of nitrogens with one attached hydrogen (secondary N) is 4. The largest absolute Gasteiger partial charge is 0.350 e. The number of nitrogens with two attached hydrogens (primary N) is 1. The van der Waals surface area contributed by atoms with E-state index in [1.807, 2.05) is 4.90 Å². The lowest BCUT2D eigenvalue weighted by molar-refractivity contribution is -0.128. The number of hydrazine groups is 1. The average Bonchev–Trinajstić information content (AvgIpc) is 3.35. The second-order valence-corrected chi connectivity index (χ2v) is 10.5. The number of alkyl halides is 2. The molecule has 5 aliphatic rings. The number of rotatable bonds is 5. The van der Waals surface area contributed by atoms with Crippen LogP contribution in [0.2, 0.25) is 0 Å². The fourth-order valence-corrected chi connectivity index (χ4v) is 6.39. The maximum absolute atomic E-state index is 15.2. The molecule has 192 valence electrons. The van der Waals surface area contributed by atoms with Gasteiger partial charge in [0.15, 0.2) is 0 Å². The topological polar surface area (TPSA) is 118 Å². The second kappa shape index (κ2) is 10.3. The predicted molar refractivity (Wildman–Crippen MR) is 122 cm³/mol. The molecule has 0 radical (unpaired) electrons. The van der Waals surface area contributed by atoms with Crippen LogP contribution in [-0.2, 0) is 9.59 Å². The van der Waals surface area contributed by atoms with Gasteiger partial charge in [-0.05, 0) is 38.3 Å². The third-order valence-electron chi connectivity index (χ3n) is 8.16. The Labute approximate surface area is 199 Å². The third kappa shape index (κ3) is 4.93. The Kier molecular flexibility index (Phi) is 7.33. The average molecular weight is 485 g/mol. The molecule has 10 nitrogen and oxygen atoms in total. The summed E-state index contributed by atoms with van der Waals surface area (Å²) in [6, 6.07) is -0.789. The van der Waals surface area contributed by atoms with Crippen molar-refractivity contribution < 1.29 is 18.4 Å². The molecular weight excluding hydrogens is 446 g/mol. The predicted octanol–water partition coefficient (Wildman–Crippen LogP) is -1.90. The summed E-state index contributed by atoms with van der Waals surface area (Å²) in [7, 11) is 0. The lowest BCUT2D eigenvalue weighted by Gasteiger charge is -2.45. The highest BCUT2D eigenvalue weighted by molar-refractivity contribution is 5.81. The van der Waals surface area contributed by atoms with Gasteiger partial charge in [-0.3, -0.25) is 19.8 Å². The second-order valence-electron chi connectivity index (χ2n) is 10.5. The molecule has 7 atom stereocenters. The van der Waals surface area contributed by atoms with Gasteiger partial charge in [0.2, 0.25) is 11.8 Å². The van der Waals surface area contributed by atoms with Gasteiger partial charge in [0.1, 0.15) is 12.3 Å². The van der Waals surface area contributed by atoms with E-state index in [9.17, 15) is 14.0 Å². The molecule has 12 heteroatoms. The first-order chi connectivity index (χ1) is 16.4. The SMILES string of the molecule is NC1NN2CC(F)CNC2C1C(=O)NC1CNCC(F)C1N1CCC(CN2CCCC2=O)CC1. The summed E-state index contributed by atoms with van der Waals surface area (Å²) in [4.78, 5) is 29.4. The number of carbonyl (C=O) groups excluding carboxylic acids is 2. The van der Waals surface area contributed by atoms with Gasteiger partial charge in [-0.15, -0.1) is 0 Å². The standard InChI is InChI=1S/C22H38F2N8O2/c23-14-8-27-21-18(20(25)29-32(21)12-14)22(34)28-16-10-26-9-15(24)19(16)30-6-3-13(4-7-30)11-31-5-1-2-17(31)33/h13-16,18-21,26-27,29H,1-12,25H2,(H,28,34). The van der Waals surface area contributed by atoms with E-state index in [2.05, 4.69) is 26.3 Å². The smallest absolute Gasteiger partial charge is 0.229 e. The molecule has 5 heterocycles. The Bertz CT molecular complexity index is 754. The van der Waals surface area contributed by atoms with E-state index < -0.39 is 30.5 Å². The normalized spacial score (nSPS) is 40.5. The first-order valence-electron chi connectivity index (χ1n) is 12.7. The Morgan fingerprint density at radius 2 is 1.94 bits per heavy atom. The van der Waals surface area contributed by atoms with E-state index in [1.165, 1.54) is 0 Å². The molecule has 0 aromatic rings. The highest BCUT2D eigenvalue weighted by atomic mass is 19.1. The number of hydrogen-bond donors (Lipinski definition) is 5. The summed E-state index contributed by atoms with van der Waals surface area (Å²) < 4.78 is 28.9. The van der Waals surface area contributed by atoms with Crippen molar-refractivity contribution in [3.63, 3.8) is 0 Å². The number of halogens is 2. The monoisotopic (exact) mass is 484 g/mol. The summed E-state index contributed by atoms with van der Waals surface area (Å²) in [5, 5.41) is 10.9. The van der Waals surface area contributed by atoms with Crippen LogP contribution in [-0.4, -0.2) is 116 Å². The van der Waals surface area contributed by atoms with Crippen LogP contribution < -0.4 is 27.1 Å². The van der Waals surface area contributed by atoms with Crippen molar-refractivity contribution in [3.8, 4) is 0 Å². The van der Waals surface area contributed by atoms with Crippen LogP contribution in [0.3, 0.4) is 0 Å². The highest BCUT2D eigenvalue weighted by Crippen LogP contribution is 2.27. The molecule has 2 amide bonds. The molecule has 0 bridgehead atoms. The van der Waals surface area contributed by atoms with Crippen LogP contribution in [0, 0.1) is 11.8 Å². The van der Waals surface area contributed by atoms with Gasteiger partial charge in [-0.2, -0.15) is 0 Å². The first-order valence-corrected chi connectivity index (χ1v) is 12.7. The fourth-order valence-electron chi connectivity index (χ4n) is 6.39. The molecule has 0 aliphatic carbocycles. The Morgan fingerprint density at radius 1 is 1.15 bits per heavy atom. The van der Waals surface area contributed by atoms with E-state index in [1.54, 1.807) is 5.01 Å². The molecule has 5 aliphatic heterocycles. The third-order valence-corrected chi connectivity index (χ3v) is 8.16. The van der Waals surface area contributed by atoms with Crippen molar-refractivity contribution in [1.29, 1.82) is 0 Å². The zero-order chi connectivity index (χ0) is 23.8. The summed E-state index contributed by atoms with van der Waals surface area (Å²) in [6.45, 7) is 4.27. The van der Waals surface area contributed by atoms with Crippen LogP contribution in [0.15, 0.2) is 0 Å². The van der Waals surface area contributed by atoms with E-state index in [0.717, 1.165) is 45.4 Å². The number of likely N-dealkylation sites (tertiary alicyclic amines) is 2. The Hall–Kier alpha value is -1.44. The zero-order valence-corrected chi connectivity index (χ0v) is 19.6. The van der Waals surface area contributed by atoms with Gasteiger partial charge in [0.25, 0.3) is 0 Å². The zero-order valence-electron chi connectivity index (χ0n) is 19.6. The molecule has 34 heavy (non-hydrogen) atoms. The van der Waals surface area contributed by atoms with Crippen LogP contribution in [0.5, 0.6) is 0 Å². The highest BCUT2D eigenvalue weighted by Gasteiger charge is 2.48. The Morgan fingerprint density at radius 3 is 2.68 bits per heavy atom. The van der Waals surface area contributed by atoms with Crippen molar-refractivity contribution in [2.75, 3.05) is 52.4 Å². The molecule has 0 aromatic carbocycles. The van der Waals surface area contributed by atoms with Crippen LogP contribution >= 0.6 is 0 Å². The number of nitrogens with zero attached hydrogens (tertiary/aromatic N) is 3. The molecule has 0 saturated carbocycles. The maximum atomic E-state index is 15.2. The van der Waals surface area contributed by atoms with Crippen molar-refractivity contribution in [1.82, 2.24) is 36.2 Å². The molecule has 5 fully saturated rings. The maximum Gasteiger partial charge on any atom is 0.229 e. The number of hydrogen-bond acceptors (Lipinski definition) is 8. The molecule has 7 unspecified atom stereocenters. The first kappa shape index (κ1) is 24.3. The Balaban J connectivity index is 1.19. The van der Waals surface area contributed by atoms with Gasteiger partial charge >= 0.3 is 0 Å².